The zero-order valence-electron chi connectivity index (χ0n) is 31.2. The maximum atomic E-state index is 12.8. The Hall–Kier alpha value is -2.35. The van der Waals surface area contributed by atoms with Gasteiger partial charge in [0.15, 0.2) is 0 Å². The van der Waals surface area contributed by atoms with Gasteiger partial charge in [-0.05, 0) is 125 Å². The van der Waals surface area contributed by atoms with Crippen LogP contribution in [0, 0.1) is 46.3 Å². The SMILES string of the molecule is CC(C)CCC[C@@H](C)[C@H]1CCC2C3CC=C4CC(OC(=O)NCCNc5c(NCCCCN(C)C)c(=O)c5=O)CC[C@]4(C)C3CCC21C. The van der Waals surface area contributed by atoms with E-state index in [0.717, 1.165) is 74.2 Å². The standard InChI is InChI=1S/C40H66N4O4/c1-26(2)11-10-12-27(3)31-15-16-32-30-14-13-28-25-29(17-19-39(28,4)33(30)18-20-40(31,32)5)48-38(47)43-23-22-42-35-34(36(45)37(35)46)41-21-8-9-24-44(6)7/h13,26-27,29-33,41-42H,8-12,14-25H2,1-7H3,(H,43,47)/t27-,29?,30?,31-,32?,33?,39+,40?/m1/s1. The highest BCUT2D eigenvalue weighted by atomic mass is 16.6. The number of anilines is 2. The first-order valence-corrected chi connectivity index (χ1v) is 19.4. The van der Waals surface area contributed by atoms with Crippen molar-refractivity contribution in [3.05, 3.63) is 32.1 Å². The molecule has 3 saturated carbocycles. The summed E-state index contributed by atoms with van der Waals surface area (Å²) in [6.07, 6.45) is 17.7. The summed E-state index contributed by atoms with van der Waals surface area (Å²) in [4.78, 5) is 39.0. The van der Waals surface area contributed by atoms with Crippen LogP contribution in [-0.4, -0.2) is 57.4 Å². The molecule has 0 radical (unpaired) electrons. The average Bonchev–Trinajstić information content (AvgIpc) is 3.40. The van der Waals surface area contributed by atoms with Gasteiger partial charge < -0.3 is 25.6 Å². The maximum Gasteiger partial charge on any atom is 0.407 e. The Balaban J connectivity index is 1.07. The number of nitrogens with zero attached hydrogens (tertiary/aromatic N) is 1. The van der Waals surface area contributed by atoms with Crippen LogP contribution < -0.4 is 26.8 Å². The van der Waals surface area contributed by atoms with E-state index >= 15 is 0 Å². The Morgan fingerprint density at radius 3 is 2.33 bits per heavy atom. The third-order valence-corrected chi connectivity index (χ3v) is 13.5. The first-order valence-electron chi connectivity index (χ1n) is 19.4. The molecule has 1 aromatic carbocycles. The number of unbranched alkanes of at least 4 members (excludes halogenated alkanes) is 1. The number of nitrogens with one attached hydrogen (secondary N) is 3. The summed E-state index contributed by atoms with van der Waals surface area (Å²) in [7, 11) is 4.07. The van der Waals surface area contributed by atoms with Crippen LogP contribution in [0.15, 0.2) is 21.2 Å². The minimum Gasteiger partial charge on any atom is -0.446 e. The van der Waals surface area contributed by atoms with Gasteiger partial charge in [-0.15, -0.1) is 0 Å². The molecular weight excluding hydrogens is 600 g/mol. The van der Waals surface area contributed by atoms with E-state index in [1.165, 1.54) is 56.9 Å². The van der Waals surface area contributed by atoms with Crippen molar-refractivity contribution in [2.24, 2.45) is 46.3 Å². The molecular formula is C40H66N4O4. The molecule has 3 N–H and O–H groups in total. The molecule has 4 aliphatic carbocycles. The van der Waals surface area contributed by atoms with Crippen LogP contribution in [0.3, 0.4) is 0 Å². The van der Waals surface area contributed by atoms with Gasteiger partial charge in [0.1, 0.15) is 17.5 Å². The van der Waals surface area contributed by atoms with E-state index in [-0.39, 0.29) is 11.5 Å². The fraction of sp³-hybridized carbons (Fsp3) is 0.825. The van der Waals surface area contributed by atoms with E-state index in [1.807, 2.05) is 14.1 Å². The summed E-state index contributed by atoms with van der Waals surface area (Å²) in [5.41, 5.74) is 1.97. The molecule has 5 rings (SSSR count). The summed E-state index contributed by atoms with van der Waals surface area (Å²) in [6, 6.07) is 0. The van der Waals surface area contributed by atoms with Crippen molar-refractivity contribution in [1.82, 2.24) is 10.2 Å². The molecule has 8 nitrogen and oxygen atoms in total. The number of alkyl carbamates (subject to hydrolysis) is 1. The predicted octanol–water partition coefficient (Wildman–Crippen LogP) is 7.58. The first kappa shape index (κ1) is 36.9. The number of allylic oxidation sites excluding steroid dienone is 1. The van der Waals surface area contributed by atoms with E-state index in [2.05, 4.69) is 61.5 Å². The summed E-state index contributed by atoms with van der Waals surface area (Å²) in [5, 5.41) is 8.99. The van der Waals surface area contributed by atoms with Crippen LogP contribution in [0.4, 0.5) is 16.2 Å². The number of rotatable bonds is 16. The topological polar surface area (TPSA) is 99.8 Å². The molecule has 4 aliphatic rings. The second kappa shape index (κ2) is 15.7. The molecule has 5 unspecified atom stereocenters. The summed E-state index contributed by atoms with van der Waals surface area (Å²) < 4.78 is 5.93. The molecule has 3 fully saturated rings. The van der Waals surface area contributed by atoms with Crippen LogP contribution in [0.2, 0.25) is 0 Å². The summed E-state index contributed by atoms with van der Waals surface area (Å²) in [5.74, 6) is 4.91. The second-order valence-electron chi connectivity index (χ2n) is 17.3. The average molecular weight is 667 g/mol. The first-order chi connectivity index (χ1) is 22.8. The molecule has 1 amide bonds. The number of hydrogen-bond acceptors (Lipinski definition) is 7. The quantitative estimate of drug-likeness (QED) is 0.0950. The van der Waals surface area contributed by atoms with E-state index in [0.29, 0.717) is 36.4 Å². The van der Waals surface area contributed by atoms with E-state index in [4.69, 9.17) is 4.74 Å². The van der Waals surface area contributed by atoms with E-state index in [9.17, 15) is 14.4 Å². The van der Waals surface area contributed by atoms with Crippen LogP contribution in [0.5, 0.6) is 0 Å². The Labute approximate surface area is 290 Å². The van der Waals surface area contributed by atoms with Gasteiger partial charge in [-0.25, -0.2) is 4.79 Å². The van der Waals surface area contributed by atoms with Crippen LogP contribution >= 0.6 is 0 Å². The molecule has 48 heavy (non-hydrogen) atoms. The number of amides is 1. The van der Waals surface area contributed by atoms with Gasteiger partial charge in [0.05, 0.1) is 0 Å². The zero-order chi connectivity index (χ0) is 34.6. The third-order valence-electron chi connectivity index (χ3n) is 13.5. The monoisotopic (exact) mass is 667 g/mol. The van der Waals surface area contributed by atoms with E-state index in [1.54, 1.807) is 0 Å². The molecule has 0 bridgehead atoms. The van der Waals surface area contributed by atoms with Gasteiger partial charge in [0.2, 0.25) is 0 Å². The lowest BCUT2D eigenvalue weighted by atomic mass is 9.47. The molecule has 8 atom stereocenters. The van der Waals surface area contributed by atoms with Crippen molar-refractivity contribution in [2.45, 2.75) is 124 Å². The molecule has 8 heteroatoms. The Kier molecular flexibility index (Phi) is 12.1. The van der Waals surface area contributed by atoms with Gasteiger partial charge in [-0.3, -0.25) is 9.59 Å². The zero-order valence-corrected chi connectivity index (χ0v) is 31.2. The minimum atomic E-state index is -0.497. The maximum absolute atomic E-state index is 12.8. The van der Waals surface area contributed by atoms with E-state index < -0.39 is 17.0 Å². The van der Waals surface area contributed by atoms with Crippen molar-refractivity contribution < 1.29 is 9.53 Å². The van der Waals surface area contributed by atoms with Gasteiger partial charge in [0.25, 0.3) is 10.9 Å². The minimum absolute atomic E-state index is 0.0953. The molecule has 1 aromatic rings. The van der Waals surface area contributed by atoms with Gasteiger partial charge in [-0.2, -0.15) is 0 Å². The van der Waals surface area contributed by atoms with Crippen molar-refractivity contribution in [3.8, 4) is 0 Å². The van der Waals surface area contributed by atoms with Gasteiger partial charge >= 0.3 is 6.09 Å². The lowest BCUT2D eigenvalue weighted by molar-refractivity contribution is -0.0581. The fourth-order valence-corrected chi connectivity index (χ4v) is 10.8. The molecule has 0 aromatic heterocycles. The largest absolute Gasteiger partial charge is 0.446 e. The Morgan fingerprint density at radius 1 is 0.896 bits per heavy atom. The highest BCUT2D eigenvalue weighted by molar-refractivity contribution is 5.74. The highest BCUT2D eigenvalue weighted by Gasteiger charge is 2.59. The van der Waals surface area contributed by atoms with Crippen molar-refractivity contribution in [2.75, 3.05) is 50.9 Å². The lowest BCUT2D eigenvalue weighted by Gasteiger charge is -2.58. The lowest BCUT2D eigenvalue weighted by Crippen LogP contribution is -2.51. The van der Waals surface area contributed by atoms with Gasteiger partial charge in [-0.1, -0.05) is 65.5 Å². The number of carbonyl (C=O) groups excluding carboxylic acids is 1. The third kappa shape index (κ3) is 7.84. The number of hydrogen-bond donors (Lipinski definition) is 3. The normalized spacial score (nSPS) is 31.9. The number of carbonyl (C=O) groups is 1. The molecule has 0 aliphatic heterocycles. The van der Waals surface area contributed by atoms with Crippen molar-refractivity contribution >= 4 is 17.5 Å². The molecule has 0 spiro atoms. The van der Waals surface area contributed by atoms with Crippen LogP contribution in [0.1, 0.15) is 118 Å². The van der Waals surface area contributed by atoms with Crippen molar-refractivity contribution in [3.63, 3.8) is 0 Å². The van der Waals surface area contributed by atoms with Crippen molar-refractivity contribution in [1.29, 1.82) is 0 Å². The Bertz CT molecular complexity index is 1350. The van der Waals surface area contributed by atoms with Crippen LogP contribution in [-0.2, 0) is 4.74 Å². The smallest absolute Gasteiger partial charge is 0.407 e. The predicted molar refractivity (Wildman–Crippen MR) is 197 cm³/mol. The number of ether oxygens (including phenoxy) is 1. The van der Waals surface area contributed by atoms with Crippen LogP contribution in [0.25, 0.3) is 0 Å². The number of fused-ring (bicyclic) bond motifs is 5. The molecule has 0 heterocycles. The summed E-state index contributed by atoms with van der Waals surface area (Å²) in [6.45, 7) is 14.7. The highest BCUT2D eigenvalue weighted by Crippen LogP contribution is 2.67. The van der Waals surface area contributed by atoms with Gasteiger partial charge in [0, 0.05) is 26.1 Å². The fourth-order valence-electron chi connectivity index (χ4n) is 10.8. The molecule has 0 saturated heterocycles. The second-order valence-corrected chi connectivity index (χ2v) is 17.3. The molecule has 270 valence electrons. The Morgan fingerprint density at radius 2 is 1.62 bits per heavy atom. The summed E-state index contributed by atoms with van der Waals surface area (Å²) >= 11 is 0.